The van der Waals surface area contributed by atoms with Crippen molar-refractivity contribution in [1.29, 1.82) is 0 Å². The minimum Gasteiger partial charge on any atom is -0.444 e. The van der Waals surface area contributed by atoms with Gasteiger partial charge in [0.25, 0.3) is 0 Å². The average Bonchev–Trinajstić information content (AvgIpc) is 3.35. The van der Waals surface area contributed by atoms with Crippen molar-refractivity contribution in [2.24, 2.45) is 0 Å². The van der Waals surface area contributed by atoms with Crippen molar-refractivity contribution in [3.63, 3.8) is 0 Å². The Morgan fingerprint density at radius 3 is 2.63 bits per heavy atom. The zero-order valence-electron chi connectivity index (χ0n) is 14.8. The molecule has 134 valence electrons. The van der Waals surface area contributed by atoms with Gasteiger partial charge in [0.1, 0.15) is 4.88 Å². The van der Waals surface area contributed by atoms with Gasteiger partial charge in [-0.15, -0.1) is 5.10 Å². The van der Waals surface area contributed by atoms with Gasteiger partial charge in [0, 0.05) is 23.0 Å². The number of benzene rings is 1. The van der Waals surface area contributed by atoms with Crippen molar-refractivity contribution >= 4 is 17.3 Å². The van der Waals surface area contributed by atoms with Gasteiger partial charge in [-0.25, -0.2) is 4.98 Å². The zero-order chi connectivity index (χ0) is 18.8. The number of Topliss-reactive ketones (excluding diaryl/α,β-unsaturated/α-hetero) is 1. The first kappa shape index (κ1) is 17.2. The molecule has 0 amide bonds. The molecule has 0 aliphatic heterocycles. The molecular weight excluding hydrogens is 360 g/mol. The Hall–Kier alpha value is -3.19. The third-order valence-corrected chi connectivity index (χ3v) is 5.21. The Labute approximate surface area is 160 Å². The van der Waals surface area contributed by atoms with Gasteiger partial charge in [-0.05, 0) is 48.6 Å². The number of aryl methyl sites for hydroxylation is 2. The molecule has 0 N–H and O–H groups in total. The lowest BCUT2D eigenvalue weighted by molar-refractivity contribution is 0.0995. The minimum absolute atomic E-state index is 0.00810. The van der Waals surface area contributed by atoms with Crippen LogP contribution in [0.15, 0.2) is 53.5 Å². The molecule has 0 bridgehead atoms. The van der Waals surface area contributed by atoms with E-state index in [1.165, 1.54) is 6.39 Å². The predicted octanol–water partition coefficient (Wildman–Crippen LogP) is 4.30. The second-order valence-electron chi connectivity index (χ2n) is 6.22. The topological polar surface area (TPSA) is 81.8 Å². The molecule has 7 heteroatoms. The monoisotopic (exact) mass is 376 g/mol. The first-order valence-corrected chi connectivity index (χ1v) is 9.16. The van der Waals surface area contributed by atoms with Crippen molar-refractivity contribution < 1.29 is 9.21 Å². The zero-order valence-corrected chi connectivity index (χ0v) is 15.7. The summed E-state index contributed by atoms with van der Waals surface area (Å²) in [4.78, 5) is 21.4. The molecule has 0 atom stereocenters. The van der Waals surface area contributed by atoms with Crippen molar-refractivity contribution in [3.8, 4) is 22.5 Å². The van der Waals surface area contributed by atoms with Gasteiger partial charge in [-0.3, -0.25) is 9.78 Å². The summed E-state index contributed by atoms with van der Waals surface area (Å²) in [5.74, 6) is 0.714. The summed E-state index contributed by atoms with van der Waals surface area (Å²) in [5, 5.41) is 3.89. The third-order valence-electron chi connectivity index (χ3n) is 4.34. The highest BCUT2D eigenvalue weighted by atomic mass is 32.1. The molecular formula is C20H16N4O2S. The molecule has 6 nitrogen and oxygen atoms in total. The second-order valence-corrected chi connectivity index (χ2v) is 6.98. The van der Waals surface area contributed by atoms with Gasteiger partial charge in [-0.2, -0.15) is 0 Å². The Morgan fingerprint density at radius 2 is 1.96 bits per heavy atom. The van der Waals surface area contributed by atoms with E-state index in [-0.39, 0.29) is 12.2 Å². The Kier molecular flexibility index (Phi) is 4.60. The van der Waals surface area contributed by atoms with Crippen molar-refractivity contribution in [2.75, 3.05) is 0 Å². The average molecular weight is 376 g/mol. The number of hydrogen-bond acceptors (Lipinski definition) is 7. The Bertz CT molecular complexity index is 1090. The van der Waals surface area contributed by atoms with E-state index in [0.29, 0.717) is 10.6 Å². The molecule has 0 fully saturated rings. The summed E-state index contributed by atoms with van der Waals surface area (Å²) < 4.78 is 9.20. The SMILES string of the molecule is Cc1ccc(-c2cnco2)cc1-c1ccc(CC(=O)c2snnc2C)nc1. The number of carbonyl (C=O) groups excluding carboxylic acids is 1. The predicted molar refractivity (Wildman–Crippen MR) is 103 cm³/mol. The summed E-state index contributed by atoms with van der Waals surface area (Å²) in [6.45, 7) is 3.84. The van der Waals surface area contributed by atoms with Crippen LogP contribution in [0, 0.1) is 13.8 Å². The normalized spacial score (nSPS) is 10.9. The Morgan fingerprint density at radius 1 is 1.11 bits per heavy atom. The van der Waals surface area contributed by atoms with Crippen LogP contribution >= 0.6 is 11.5 Å². The van der Waals surface area contributed by atoms with Crippen LogP contribution in [0.4, 0.5) is 0 Å². The summed E-state index contributed by atoms with van der Waals surface area (Å²) in [6.07, 6.45) is 5.15. The highest BCUT2D eigenvalue weighted by Gasteiger charge is 2.15. The molecule has 27 heavy (non-hydrogen) atoms. The standard InChI is InChI=1S/C20H16N4O2S/c1-12-3-4-14(19-10-21-11-26-19)7-17(12)15-5-6-16(22-9-15)8-18(25)20-13(2)23-24-27-20/h3-7,9-11H,8H2,1-2H3. The third kappa shape index (κ3) is 3.54. The van der Waals surface area contributed by atoms with Crippen LogP contribution in [-0.2, 0) is 6.42 Å². The molecule has 0 radical (unpaired) electrons. The first-order valence-electron chi connectivity index (χ1n) is 8.39. The van der Waals surface area contributed by atoms with Crippen molar-refractivity contribution in [1.82, 2.24) is 19.6 Å². The van der Waals surface area contributed by atoms with Crippen LogP contribution in [0.1, 0.15) is 26.6 Å². The van der Waals surface area contributed by atoms with Gasteiger partial charge in [0.05, 0.1) is 18.3 Å². The molecule has 4 aromatic rings. The number of pyridine rings is 1. The number of rotatable bonds is 5. The molecule has 3 heterocycles. The molecule has 0 saturated heterocycles. The maximum atomic E-state index is 12.4. The van der Waals surface area contributed by atoms with Gasteiger partial charge < -0.3 is 4.42 Å². The maximum Gasteiger partial charge on any atom is 0.182 e. The van der Waals surface area contributed by atoms with Gasteiger partial charge >= 0.3 is 0 Å². The molecule has 0 aliphatic rings. The van der Waals surface area contributed by atoms with Crippen LogP contribution in [0.5, 0.6) is 0 Å². The van der Waals surface area contributed by atoms with Crippen LogP contribution in [-0.4, -0.2) is 25.3 Å². The minimum atomic E-state index is -0.00810. The van der Waals surface area contributed by atoms with E-state index in [9.17, 15) is 4.79 Å². The van der Waals surface area contributed by atoms with Crippen LogP contribution in [0.3, 0.4) is 0 Å². The highest BCUT2D eigenvalue weighted by molar-refractivity contribution is 7.08. The van der Waals surface area contributed by atoms with E-state index in [4.69, 9.17) is 4.42 Å². The lowest BCUT2D eigenvalue weighted by atomic mass is 9.98. The number of hydrogen-bond donors (Lipinski definition) is 0. The number of oxazole rings is 1. The number of nitrogens with zero attached hydrogens (tertiary/aromatic N) is 4. The first-order chi connectivity index (χ1) is 13.1. The van der Waals surface area contributed by atoms with Crippen LogP contribution in [0.2, 0.25) is 0 Å². The summed E-state index contributed by atoms with van der Waals surface area (Å²) >= 11 is 1.13. The highest BCUT2D eigenvalue weighted by Crippen LogP contribution is 2.29. The van der Waals surface area contributed by atoms with Gasteiger partial charge in [0.15, 0.2) is 17.9 Å². The fourth-order valence-corrected chi connectivity index (χ4v) is 3.46. The van der Waals surface area contributed by atoms with E-state index >= 15 is 0 Å². The smallest absolute Gasteiger partial charge is 0.182 e. The number of ketones is 1. The largest absolute Gasteiger partial charge is 0.444 e. The number of carbonyl (C=O) groups is 1. The second kappa shape index (κ2) is 7.20. The summed E-state index contributed by atoms with van der Waals surface area (Å²) in [5.41, 5.74) is 5.54. The molecule has 1 aromatic carbocycles. The van der Waals surface area contributed by atoms with E-state index in [2.05, 4.69) is 32.5 Å². The van der Waals surface area contributed by atoms with Crippen LogP contribution in [0.25, 0.3) is 22.5 Å². The van der Waals surface area contributed by atoms with E-state index < -0.39 is 0 Å². The maximum absolute atomic E-state index is 12.4. The summed E-state index contributed by atoms with van der Waals surface area (Å²) in [7, 11) is 0. The fourth-order valence-electron chi connectivity index (χ4n) is 2.86. The van der Waals surface area contributed by atoms with Crippen molar-refractivity contribution in [2.45, 2.75) is 20.3 Å². The quantitative estimate of drug-likeness (QED) is 0.483. The van der Waals surface area contributed by atoms with Gasteiger partial charge in [0.2, 0.25) is 0 Å². The molecule has 0 saturated carbocycles. The lowest BCUT2D eigenvalue weighted by Crippen LogP contribution is -2.04. The molecule has 0 aliphatic carbocycles. The number of aromatic nitrogens is 4. The molecule has 3 aromatic heterocycles. The van der Waals surface area contributed by atoms with E-state index in [0.717, 1.165) is 45.2 Å². The lowest BCUT2D eigenvalue weighted by Gasteiger charge is -2.08. The van der Waals surface area contributed by atoms with E-state index in [1.807, 2.05) is 24.3 Å². The van der Waals surface area contributed by atoms with Crippen LogP contribution < -0.4 is 0 Å². The van der Waals surface area contributed by atoms with Crippen molar-refractivity contribution in [3.05, 3.63) is 70.9 Å². The molecule has 0 unspecified atom stereocenters. The van der Waals surface area contributed by atoms with E-state index in [1.54, 1.807) is 19.3 Å². The fraction of sp³-hybridized carbons (Fsp3) is 0.150. The Balaban J connectivity index is 1.58. The molecule has 4 rings (SSSR count). The molecule has 0 spiro atoms. The summed E-state index contributed by atoms with van der Waals surface area (Å²) in [6, 6.07) is 9.98. The van der Waals surface area contributed by atoms with Gasteiger partial charge in [-0.1, -0.05) is 22.7 Å².